The maximum Gasteiger partial charge on any atom is 0.232 e. The Morgan fingerprint density at radius 1 is 1.00 bits per heavy atom. The average molecular weight is 473 g/mol. The fourth-order valence-corrected chi connectivity index (χ4v) is 4.05. The number of amides is 1. The molecule has 0 saturated carbocycles. The minimum Gasteiger partial charge on any atom is -0.493 e. The molecule has 0 radical (unpaired) electrons. The van der Waals surface area contributed by atoms with Gasteiger partial charge in [0.2, 0.25) is 21.7 Å². The number of nitrogens with zero attached hydrogens (tertiary/aromatic N) is 1. The van der Waals surface area contributed by atoms with Crippen LogP contribution in [0.4, 0.5) is 14.5 Å². The van der Waals surface area contributed by atoms with Crippen LogP contribution in [-0.4, -0.2) is 48.5 Å². The number of benzene rings is 2. The highest BCUT2D eigenvalue weighted by Crippen LogP contribution is 2.39. The lowest BCUT2D eigenvalue weighted by molar-refractivity contribution is -0.121. The van der Waals surface area contributed by atoms with Crippen LogP contribution in [0.15, 0.2) is 30.3 Å². The molecule has 0 atom stereocenters. The van der Waals surface area contributed by atoms with E-state index in [9.17, 15) is 22.0 Å². The van der Waals surface area contributed by atoms with Crippen molar-refractivity contribution >= 4 is 21.6 Å². The van der Waals surface area contributed by atoms with E-state index in [1.165, 1.54) is 27.4 Å². The number of anilines is 1. The lowest BCUT2D eigenvalue weighted by atomic mass is 10.1. The molecule has 2 aromatic rings. The van der Waals surface area contributed by atoms with Crippen molar-refractivity contribution in [2.75, 3.05) is 38.4 Å². The number of rotatable bonds is 11. The number of halogens is 2. The summed E-state index contributed by atoms with van der Waals surface area (Å²) in [6, 6.07) is 6.25. The van der Waals surface area contributed by atoms with Gasteiger partial charge in [0.1, 0.15) is 0 Å². The molecule has 0 aliphatic rings. The minimum absolute atomic E-state index is 0.0122. The first-order valence-corrected chi connectivity index (χ1v) is 11.4. The number of hydrogen-bond acceptors (Lipinski definition) is 6. The summed E-state index contributed by atoms with van der Waals surface area (Å²) in [6.07, 6.45) is 1.14. The number of nitrogens with one attached hydrogen (secondary N) is 1. The molecular weight excluding hydrogens is 446 g/mol. The molecule has 0 fully saturated rings. The quantitative estimate of drug-likeness (QED) is 0.541. The first-order chi connectivity index (χ1) is 15.1. The summed E-state index contributed by atoms with van der Waals surface area (Å²) in [6.45, 7) is 0.0817. The van der Waals surface area contributed by atoms with E-state index in [-0.39, 0.29) is 37.5 Å². The van der Waals surface area contributed by atoms with Gasteiger partial charge in [-0.2, -0.15) is 0 Å². The number of carbonyl (C=O) groups excluding carboxylic acids is 1. The Hall–Kier alpha value is -3.08. The van der Waals surface area contributed by atoms with Crippen molar-refractivity contribution in [2.24, 2.45) is 0 Å². The lowest BCUT2D eigenvalue weighted by Crippen LogP contribution is -2.32. The molecule has 176 valence electrons. The van der Waals surface area contributed by atoms with Gasteiger partial charge in [-0.05, 0) is 30.7 Å². The van der Waals surface area contributed by atoms with E-state index >= 15 is 0 Å². The van der Waals surface area contributed by atoms with Crippen LogP contribution in [0, 0.1) is 11.6 Å². The molecule has 0 unspecified atom stereocenters. The minimum atomic E-state index is -3.75. The predicted molar refractivity (Wildman–Crippen MR) is 116 cm³/mol. The van der Waals surface area contributed by atoms with Crippen molar-refractivity contribution in [3.8, 4) is 17.2 Å². The summed E-state index contributed by atoms with van der Waals surface area (Å²) >= 11 is 0. The molecule has 0 aliphatic heterocycles. The zero-order chi connectivity index (χ0) is 23.9. The second kappa shape index (κ2) is 11.0. The third-order valence-corrected chi connectivity index (χ3v) is 5.81. The molecule has 1 amide bonds. The molecule has 0 aliphatic carbocycles. The zero-order valence-corrected chi connectivity index (χ0v) is 19.1. The van der Waals surface area contributed by atoms with Crippen LogP contribution in [0.1, 0.15) is 18.4 Å². The zero-order valence-electron chi connectivity index (χ0n) is 18.3. The maximum absolute atomic E-state index is 13.5. The smallest absolute Gasteiger partial charge is 0.232 e. The molecule has 32 heavy (non-hydrogen) atoms. The van der Waals surface area contributed by atoms with Gasteiger partial charge < -0.3 is 19.5 Å². The van der Waals surface area contributed by atoms with Crippen molar-refractivity contribution in [1.82, 2.24) is 5.32 Å². The van der Waals surface area contributed by atoms with E-state index in [4.69, 9.17) is 14.2 Å². The maximum atomic E-state index is 13.5. The third kappa shape index (κ3) is 6.22. The van der Waals surface area contributed by atoms with Crippen molar-refractivity contribution in [1.29, 1.82) is 0 Å². The van der Waals surface area contributed by atoms with Crippen LogP contribution in [0.2, 0.25) is 0 Å². The average Bonchev–Trinajstić information content (AvgIpc) is 2.75. The molecule has 0 saturated heterocycles. The first-order valence-electron chi connectivity index (χ1n) is 9.59. The van der Waals surface area contributed by atoms with Crippen LogP contribution < -0.4 is 23.8 Å². The first kappa shape index (κ1) is 25.2. The van der Waals surface area contributed by atoms with Crippen LogP contribution >= 0.6 is 0 Å². The fraction of sp³-hybridized carbons (Fsp3) is 0.381. The second-order valence-corrected chi connectivity index (χ2v) is 8.71. The molecule has 8 nitrogen and oxygen atoms in total. The number of carbonyl (C=O) groups is 1. The van der Waals surface area contributed by atoms with Crippen molar-refractivity contribution in [3.05, 3.63) is 47.5 Å². The van der Waals surface area contributed by atoms with Gasteiger partial charge in [-0.25, -0.2) is 17.2 Å². The molecule has 2 aromatic carbocycles. The number of ether oxygens (including phenoxy) is 3. The van der Waals surface area contributed by atoms with E-state index in [1.807, 2.05) is 0 Å². The lowest BCUT2D eigenvalue weighted by Gasteiger charge is -2.22. The van der Waals surface area contributed by atoms with Crippen LogP contribution in [0.5, 0.6) is 17.2 Å². The molecule has 0 bridgehead atoms. The van der Waals surface area contributed by atoms with Crippen LogP contribution in [0.25, 0.3) is 0 Å². The van der Waals surface area contributed by atoms with E-state index in [0.29, 0.717) is 22.8 Å². The van der Waals surface area contributed by atoms with Gasteiger partial charge in [0, 0.05) is 31.1 Å². The SMILES string of the molecule is COc1ccc(CNC(=O)CCCN(c2ccc(F)c(F)c2)S(C)(=O)=O)c(OC)c1OC. The Balaban J connectivity index is 2.00. The summed E-state index contributed by atoms with van der Waals surface area (Å²) in [5, 5.41) is 2.74. The highest BCUT2D eigenvalue weighted by molar-refractivity contribution is 7.92. The van der Waals surface area contributed by atoms with E-state index in [0.717, 1.165) is 22.7 Å². The largest absolute Gasteiger partial charge is 0.493 e. The standard InChI is InChI=1S/C21H26F2N2O6S/c1-29-18-10-7-14(20(30-2)21(18)31-3)13-24-19(26)6-5-11-25(32(4,27)28)15-8-9-16(22)17(23)12-15/h7-10,12H,5-6,11,13H2,1-4H3,(H,24,26). The Morgan fingerprint density at radius 2 is 1.69 bits per heavy atom. The van der Waals surface area contributed by atoms with Gasteiger partial charge in [-0.3, -0.25) is 9.10 Å². The van der Waals surface area contributed by atoms with Crippen LogP contribution in [0.3, 0.4) is 0 Å². The molecule has 0 heterocycles. The molecule has 0 aromatic heterocycles. The monoisotopic (exact) mass is 472 g/mol. The topological polar surface area (TPSA) is 94.2 Å². The normalized spacial score (nSPS) is 11.1. The van der Waals surface area contributed by atoms with Crippen molar-refractivity contribution in [3.63, 3.8) is 0 Å². The Kier molecular flexibility index (Phi) is 8.64. The highest BCUT2D eigenvalue weighted by atomic mass is 32.2. The van der Waals surface area contributed by atoms with Crippen molar-refractivity contribution in [2.45, 2.75) is 19.4 Å². The van der Waals surface area contributed by atoms with E-state index in [1.54, 1.807) is 12.1 Å². The molecular formula is C21H26F2N2O6S. The van der Waals surface area contributed by atoms with Crippen molar-refractivity contribution < 1.29 is 36.2 Å². The Morgan fingerprint density at radius 3 is 2.25 bits per heavy atom. The number of methoxy groups -OCH3 is 3. The van der Waals surface area contributed by atoms with Gasteiger partial charge in [0.05, 0.1) is 33.3 Å². The van der Waals surface area contributed by atoms with Gasteiger partial charge in [0.25, 0.3) is 0 Å². The third-order valence-electron chi connectivity index (χ3n) is 4.62. The summed E-state index contributed by atoms with van der Waals surface area (Å²) in [5.74, 6) is -1.24. The Bertz CT molecular complexity index is 1060. The second-order valence-electron chi connectivity index (χ2n) is 6.81. The number of sulfonamides is 1. The van der Waals surface area contributed by atoms with E-state index < -0.39 is 21.7 Å². The molecule has 1 N–H and O–H groups in total. The molecule has 0 spiro atoms. The molecule has 2 rings (SSSR count). The summed E-state index contributed by atoms with van der Waals surface area (Å²) in [4.78, 5) is 12.3. The van der Waals surface area contributed by atoms with Gasteiger partial charge in [0.15, 0.2) is 23.1 Å². The summed E-state index contributed by atoms with van der Waals surface area (Å²) in [7, 11) is 0.693. The van der Waals surface area contributed by atoms with Gasteiger partial charge >= 0.3 is 0 Å². The predicted octanol–water partition coefficient (Wildman–Crippen LogP) is 2.85. The fourth-order valence-electron chi connectivity index (χ4n) is 3.09. The number of hydrogen-bond donors (Lipinski definition) is 1. The highest BCUT2D eigenvalue weighted by Gasteiger charge is 2.20. The van der Waals surface area contributed by atoms with Gasteiger partial charge in [-0.15, -0.1) is 0 Å². The van der Waals surface area contributed by atoms with Crippen LogP contribution in [-0.2, 0) is 21.4 Å². The van der Waals surface area contributed by atoms with Gasteiger partial charge in [-0.1, -0.05) is 0 Å². The Labute approximate surface area is 186 Å². The van der Waals surface area contributed by atoms with E-state index in [2.05, 4.69) is 5.32 Å². The molecule has 11 heteroatoms. The summed E-state index contributed by atoms with van der Waals surface area (Å²) < 4.78 is 67.7. The summed E-state index contributed by atoms with van der Waals surface area (Å²) in [5.41, 5.74) is 0.653.